The largest absolute Gasteiger partial charge is 0.454 e. The Morgan fingerprint density at radius 1 is 1.25 bits per heavy atom. The van der Waals surface area contributed by atoms with Gasteiger partial charge in [-0.15, -0.1) is 0 Å². The Morgan fingerprint density at radius 2 is 2.10 bits per heavy atom. The van der Waals surface area contributed by atoms with Crippen molar-refractivity contribution in [3.05, 3.63) is 23.8 Å². The number of fused-ring (bicyclic) bond motifs is 1. The number of hydrogen-bond acceptors (Lipinski definition) is 3. The summed E-state index contributed by atoms with van der Waals surface area (Å²) in [5, 5.41) is 6.69. The van der Waals surface area contributed by atoms with Crippen molar-refractivity contribution in [3.8, 4) is 11.5 Å². The predicted octanol–water partition coefficient (Wildman–Crippen LogP) is 1.53. The van der Waals surface area contributed by atoms with E-state index in [1.165, 1.54) is 18.4 Å². The van der Waals surface area contributed by atoms with Crippen molar-refractivity contribution in [3.63, 3.8) is 0 Å². The minimum Gasteiger partial charge on any atom is -0.454 e. The fourth-order valence-electron chi connectivity index (χ4n) is 2.21. The zero-order chi connectivity index (χ0) is 13.8. The van der Waals surface area contributed by atoms with Gasteiger partial charge in [0.05, 0.1) is 0 Å². The molecule has 1 aromatic carbocycles. The molecule has 2 N–H and O–H groups in total. The fraction of sp³-hybridized carbons (Fsp3) is 0.533. The molecule has 1 fully saturated rings. The van der Waals surface area contributed by atoms with Gasteiger partial charge in [-0.2, -0.15) is 0 Å². The molecule has 1 heterocycles. The van der Waals surface area contributed by atoms with Gasteiger partial charge in [0.1, 0.15) is 0 Å². The Kier molecular flexibility index (Phi) is 3.95. The molecule has 108 valence electrons. The summed E-state index contributed by atoms with van der Waals surface area (Å²) >= 11 is 0. The molecule has 5 nitrogen and oxygen atoms in total. The zero-order valence-corrected chi connectivity index (χ0v) is 11.8. The molecule has 1 aliphatic heterocycles. The van der Waals surface area contributed by atoms with Crippen LogP contribution in [0.4, 0.5) is 0 Å². The molecular formula is C15H21N3O2. The highest BCUT2D eigenvalue weighted by Crippen LogP contribution is 2.32. The smallest absolute Gasteiger partial charge is 0.231 e. The fourth-order valence-corrected chi connectivity index (χ4v) is 2.21. The van der Waals surface area contributed by atoms with Gasteiger partial charge in [-0.05, 0) is 42.9 Å². The van der Waals surface area contributed by atoms with Gasteiger partial charge in [0.25, 0.3) is 0 Å². The Hall–Kier alpha value is -1.91. The third-order valence-electron chi connectivity index (χ3n) is 3.62. The predicted molar refractivity (Wildman–Crippen MR) is 78.4 cm³/mol. The van der Waals surface area contributed by atoms with Crippen molar-refractivity contribution in [1.29, 1.82) is 0 Å². The highest BCUT2D eigenvalue weighted by Gasteiger charge is 2.21. The summed E-state index contributed by atoms with van der Waals surface area (Å²) in [5.41, 5.74) is 1.24. The van der Waals surface area contributed by atoms with E-state index in [0.29, 0.717) is 6.79 Å². The van der Waals surface area contributed by atoms with Gasteiger partial charge >= 0.3 is 0 Å². The molecule has 0 saturated heterocycles. The Labute approximate surface area is 119 Å². The number of rotatable bonds is 5. The van der Waals surface area contributed by atoms with Crippen LogP contribution in [-0.4, -0.2) is 32.9 Å². The second kappa shape index (κ2) is 6.03. The van der Waals surface area contributed by atoms with Gasteiger partial charge in [0.2, 0.25) is 6.79 Å². The minimum absolute atomic E-state index is 0.328. The van der Waals surface area contributed by atoms with Crippen molar-refractivity contribution in [2.75, 3.05) is 26.9 Å². The number of ether oxygens (including phenoxy) is 2. The lowest BCUT2D eigenvalue weighted by Crippen LogP contribution is -2.39. The summed E-state index contributed by atoms with van der Waals surface area (Å²) in [6.45, 7) is 2.21. The first-order valence-corrected chi connectivity index (χ1v) is 7.18. The quantitative estimate of drug-likeness (QED) is 0.632. The summed E-state index contributed by atoms with van der Waals surface area (Å²) in [7, 11) is 1.81. The normalized spacial score (nSPS) is 17.1. The van der Waals surface area contributed by atoms with Gasteiger partial charge in [-0.1, -0.05) is 6.07 Å². The first-order valence-electron chi connectivity index (χ1n) is 7.18. The van der Waals surface area contributed by atoms with E-state index < -0.39 is 0 Å². The van der Waals surface area contributed by atoms with E-state index in [-0.39, 0.29) is 0 Å². The number of hydrogen-bond donors (Lipinski definition) is 2. The van der Waals surface area contributed by atoms with Crippen molar-refractivity contribution < 1.29 is 9.47 Å². The maximum Gasteiger partial charge on any atom is 0.231 e. The molecule has 0 radical (unpaired) electrons. The highest BCUT2D eigenvalue weighted by molar-refractivity contribution is 5.79. The van der Waals surface area contributed by atoms with Gasteiger partial charge < -0.3 is 20.1 Å². The van der Waals surface area contributed by atoms with Crippen LogP contribution in [0.2, 0.25) is 0 Å². The van der Waals surface area contributed by atoms with Gasteiger partial charge in [-0.25, -0.2) is 0 Å². The average molecular weight is 275 g/mol. The maximum absolute atomic E-state index is 5.38. The van der Waals surface area contributed by atoms with Crippen LogP contribution < -0.4 is 20.1 Å². The molecule has 0 amide bonds. The van der Waals surface area contributed by atoms with E-state index in [9.17, 15) is 0 Å². The van der Waals surface area contributed by atoms with Crippen LogP contribution in [-0.2, 0) is 6.42 Å². The molecule has 0 aromatic heterocycles. The van der Waals surface area contributed by atoms with Crippen LogP contribution in [0.25, 0.3) is 0 Å². The molecule has 2 aliphatic rings. The van der Waals surface area contributed by atoms with E-state index in [1.807, 2.05) is 19.2 Å². The van der Waals surface area contributed by atoms with Crippen LogP contribution >= 0.6 is 0 Å². The SMILES string of the molecule is CN=C(NCCc1ccc2c(c1)OCO2)NCC1CC1. The first-order chi connectivity index (χ1) is 9.85. The topological polar surface area (TPSA) is 54.9 Å². The molecule has 0 unspecified atom stereocenters. The lowest BCUT2D eigenvalue weighted by molar-refractivity contribution is 0.174. The second-order valence-corrected chi connectivity index (χ2v) is 5.26. The number of benzene rings is 1. The standard InChI is InChI=1S/C15H21N3O2/c1-16-15(18-9-12-2-3-12)17-7-6-11-4-5-13-14(8-11)20-10-19-13/h4-5,8,12H,2-3,6-7,9-10H2,1H3,(H2,16,17,18). The third kappa shape index (κ3) is 3.35. The van der Waals surface area contributed by atoms with E-state index in [2.05, 4.69) is 21.7 Å². The lowest BCUT2D eigenvalue weighted by atomic mass is 10.1. The van der Waals surface area contributed by atoms with E-state index in [0.717, 1.165) is 42.9 Å². The molecule has 0 bridgehead atoms. The molecule has 0 spiro atoms. The number of nitrogens with one attached hydrogen (secondary N) is 2. The van der Waals surface area contributed by atoms with Crippen LogP contribution in [0.15, 0.2) is 23.2 Å². The molecule has 20 heavy (non-hydrogen) atoms. The highest BCUT2D eigenvalue weighted by atomic mass is 16.7. The molecule has 1 saturated carbocycles. The van der Waals surface area contributed by atoms with Crippen molar-refractivity contribution >= 4 is 5.96 Å². The van der Waals surface area contributed by atoms with E-state index in [4.69, 9.17) is 9.47 Å². The van der Waals surface area contributed by atoms with Crippen LogP contribution in [0.1, 0.15) is 18.4 Å². The van der Waals surface area contributed by atoms with Crippen molar-refractivity contribution in [1.82, 2.24) is 10.6 Å². The number of aliphatic imine (C=N–C) groups is 1. The van der Waals surface area contributed by atoms with E-state index >= 15 is 0 Å². The summed E-state index contributed by atoms with van der Waals surface area (Å²) < 4.78 is 10.7. The molecule has 1 aliphatic carbocycles. The minimum atomic E-state index is 0.328. The van der Waals surface area contributed by atoms with E-state index in [1.54, 1.807) is 0 Å². The summed E-state index contributed by atoms with van der Waals surface area (Å²) in [5.74, 6) is 3.42. The van der Waals surface area contributed by atoms with Crippen molar-refractivity contribution in [2.24, 2.45) is 10.9 Å². The molecule has 0 atom stereocenters. The Balaban J connectivity index is 1.44. The summed E-state index contributed by atoms with van der Waals surface area (Å²) in [6, 6.07) is 6.10. The van der Waals surface area contributed by atoms with Gasteiger partial charge in [0.15, 0.2) is 17.5 Å². The maximum atomic E-state index is 5.38. The Morgan fingerprint density at radius 3 is 2.90 bits per heavy atom. The summed E-state index contributed by atoms with van der Waals surface area (Å²) in [4.78, 5) is 4.23. The Bertz CT molecular complexity index is 498. The monoisotopic (exact) mass is 275 g/mol. The summed E-state index contributed by atoms with van der Waals surface area (Å²) in [6.07, 6.45) is 3.63. The molecular weight excluding hydrogens is 254 g/mol. The second-order valence-electron chi connectivity index (χ2n) is 5.26. The van der Waals surface area contributed by atoms with Crippen LogP contribution in [0.3, 0.4) is 0 Å². The van der Waals surface area contributed by atoms with Crippen LogP contribution in [0.5, 0.6) is 11.5 Å². The van der Waals surface area contributed by atoms with Gasteiger partial charge in [-0.3, -0.25) is 4.99 Å². The van der Waals surface area contributed by atoms with Gasteiger partial charge in [0, 0.05) is 20.1 Å². The third-order valence-corrected chi connectivity index (χ3v) is 3.62. The zero-order valence-electron chi connectivity index (χ0n) is 11.8. The first kappa shape index (κ1) is 13.1. The average Bonchev–Trinajstić information content (AvgIpc) is 3.18. The number of guanidine groups is 1. The van der Waals surface area contributed by atoms with Crippen molar-refractivity contribution in [2.45, 2.75) is 19.3 Å². The molecule has 1 aromatic rings. The molecule has 3 rings (SSSR count). The number of nitrogens with zero attached hydrogens (tertiary/aromatic N) is 1. The lowest BCUT2D eigenvalue weighted by Gasteiger charge is -2.11. The molecule has 5 heteroatoms. The van der Waals surface area contributed by atoms with Crippen LogP contribution in [0, 0.1) is 5.92 Å².